The van der Waals surface area contributed by atoms with Gasteiger partial charge in [-0.3, -0.25) is 5.73 Å². The topological polar surface area (TPSA) is 26.0 Å². The number of thioether (sulfide) groups is 2. The van der Waals surface area contributed by atoms with E-state index in [-0.39, 0.29) is 0 Å². The Morgan fingerprint density at radius 2 is 1.92 bits per heavy atom. The van der Waals surface area contributed by atoms with Gasteiger partial charge in [0.25, 0.3) is 0 Å². The van der Waals surface area contributed by atoms with Gasteiger partial charge in [-0.1, -0.05) is 65.5 Å². The summed E-state index contributed by atoms with van der Waals surface area (Å²) >= 11 is 8.90. The van der Waals surface area contributed by atoms with E-state index in [0.717, 1.165) is 4.91 Å². The van der Waals surface area contributed by atoms with Crippen LogP contribution in [0.3, 0.4) is 0 Å². The minimum atomic E-state index is -0.717. The molecule has 1 aromatic rings. The second kappa shape index (κ2) is 3.58. The van der Waals surface area contributed by atoms with Gasteiger partial charge in [0.15, 0.2) is 3.66 Å². The zero-order chi connectivity index (χ0) is 9.31. The maximum atomic E-state index is 5.96. The minimum Gasteiger partial charge on any atom is -0.295 e. The van der Waals surface area contributed by atoms with Crippen LogP contribution in [0.15, 0.2) is 35.7 Å². The van der Waals surface area contributed by atoms with Crippen molar-refractivity contribution < 1.29 is 0 Å². The van der Waals surface area contributed by atoms with Crippen LogP contribution in [0.2, 0.25) is 0 Å². The fourth-order valence-electron chi connectivity index (χ4n) is 1.06. The molecule has 1 aliphatic rings. The van der Waals surface area contributed by atoms with Crippen LogP contribution in [-0.4, -0.2) is 3.66 Å². The number of benzene rings is 1. The molecule has 1 heterocycles. The molecule has 68 valence electrons. The third kappa shape index (κ3) is 2.23. The molecule has 1 atom stereocenters. The maximum absolute atomic E-state index is 5.96. The molecule has 2 rings (SSSR count). The molecule has 0 aliphatic carbocycles. The quantitative estimate of drug-likeness (QED) is 0.591. The lowest BCUT2D eigenvalue weighted by Crippen LogP contribution is -2.20. The Labute approximate surface area is 90.7 Å². The molecule has 0 saturated heterocycles. The van der Waals surface area contributed by atoms with Crippen LogP contribution in [0.1, 0.15) is 5.56 Å². The summed E-state index contributed by atoms with van der Waals surface area (Å²) in [6.07, 6.45) is 0. The molecule has 0 spiro atoms. The molecule has 1 nitrogen and oxygen atoms in total. The first-order chi connectivity index (χ1) is 6.17. The van der Waals surface area contributed by atoms with E-state index in [1.165, 1.54) is 29.1 Å². The Morgan fingerprint density at radius 1 is 1.23 bits per heavy atom. The van der Waals surface area contributed by atoms with E-state index in [4.69, 9.17) is 17.3 Å². The van der Waals surface area contributed by atoms with Gasteiger partial charge in [-0.25, -0.2) is 0 Å². The summed E-state index contributed by atoms with van der Waals surface area (Å²) < 4.78 is -0.717. The second-order valence-corrected chi connectivity index (χ2v) is 6.36. The Hall–Kier alpha value is -0.0900. The first kappa shape index (κ1) is 9.46. The highest BCUT2D eigenvalue weighted by molar-refractivity contribution is 8.28. The minimum absolute atomic E-state index is 0.717. The van der Waals surface area contributed by atoms with Gasteiger partial charge in [0.05, 0.1) is 0 Å². The smallest absolute Gasteiger partial charge is 0.194 e. The van der Waals surface area contributed by atoms with E-state index in [1.807, 2.05) is 23.6 Å². The van der Waals surface area contributed by atoms with E-state index < -0.39 is 3.66 Å². The monoisotopic (exact) mass is 229 g/mol. The van der Waals surface area contributed by atoms with Gasteiger partial charge >= 0.3 is 0 Å². The summed E-state index contributed by atoms with van der Waals surface area (Å²) in [5.74, 6) is 0. The Balaban J connectivity index is 2.22. The van der Waals surface area contributed by atoms with Crippen molar-refractivity contribution in [3.05, 3.63) is 41.3 Å². The standard InChI is InChI=1S/C9H8ClNS2/c10-9(11)12-6-8(13-9)7-4-2-1-3-5-7/h1-6H,11H2. The van der Waals surface area contributed by atoms with Crippen molar-refractivity contribution in [1.82, 2.24) is 0 Å². The summed E-state index contributed by atoms with van der Waals surface area (Å²) in [5, 5.41) is 2.01. The van der Waals surface area contributed by atoms with Gasteiger partial charge in [-0.15, -0.1) is 0 Å². The molecule has 13 heavy (non-hydrogen) atoms. The van der Waals surface area contributed by atoms with Crippen LogP contribution in [0.4, 0.5) is 0 Å². The number of hydrogen-bond donors (Lipinski definition) is 1. The van der Waals surface area contributed by atoms with E-state index in [1.54, 1.807) is 0 Å². The third-order valence-electron chi connectivity index (χ3n) is 1.63. The first-order valence-corrected chi connectivity index (χ1v) is 5.85. The Morgan fingerprint density at radius 3 is 2.46 bits per heavy atom. The molecule has 1 aliphatic heterocycles. The number of halogens is 1. The normalized spacial score (nSPS) is 27.4. The average Bonchev–Trinajstić information content (AvgIpc) is 2.48. The zero-order valence-electron chi connectivity index (χ0n) is 6.74. The molecular formula is C9H8ClNS2. The van der Waals surface area contributed by atoms with Gasteiger partial charge in [0.1, 0.15) is 0 Å². The van der Waals surface area contributed by atoms with Crippen molar-refractivity contribution in [3.63, 3.8) is 0 Å². The molecule has 0 radical (unpaired) electrons. The predicted molar refractivity (Wildman–Crippen MR) is 62.4 cm³/mol. The maximum Gasteiger partial charge on any atom is 0.194 e. The highest BCUT2D eigenvalue weighted by Crippen LogP contribution is 2.52. The number of rotatable bonds is 1. The van der Waals surface area contributed by atoms with E-state index >= 15 is 0 Å². The van der Waals surface area contributed by atoms with Crippen molar-refractivity contribution in [2.45, 2.75) is 3.66 Å². The fourth-order valence-corrected chi connectivity index (χ4v) is 3.34. The molecule has 2 N–H and O–H groups in total. The van der Waals surface area contributed by atoms with Gasteiger partial charge in [0, 0.05) is 4.91 Å². The van der Waals surface area contributed by atoms with Crippen molar-refractivity contribution in [3.8, 4) is 0 Å². The molecule has 0 saturated carbocycles. The SMILES string of the molecule is NC1(Cl)SC=C(c2ccccc2)S1. The van der Waals surface area contributed by atoms with Crippen molar-refractivity contribution in [2.75, 3.05) is 0 Å². The molecule has 0 bridgehead atoms. The van der Waals surface area contributed by atoms with E-state index in [2.05, 4.69) is 12.1 Å². The fraction of sp³-hybridized carbons (Fsp3) is 0.111. The van der Waals surface area contributed by atoms with Crippen LogP contribution in [0.5, 0.6) is 0 Å². The van der Waals surface area contributed by atoms with Crippen molar-refractivity contribution in [2.24, 2.45) is 5.73 Å². The predicted octanol–water partition coefficient (Wildman–Crippen LogP) is 3.27. The van der Waals surface area contributed by atoms with Crippen LogP contribution in [-0.2, 0) is 0 Å². The Bertz CT molecular complexity index is 335. The summed E-state index contributed by atoms with van der Waals surface area (Å²) in [6, 6.07) is 10.1. The van der Waals surface area contributed by atoms with E-state index in [9.17, 15) is 0 Å². The molecule has 0 fully saturated rings. The van der Waals surface area contributed by atoms with Crippen LogP contribution in [0, 0.1) is 0 Å². The molecule has 1 aromatic carbocycles. The van der Waals surface area contributed by atoms with Crippen molar-refractivity contribution >= 4 is 40.0 Å². The lowest BCUT2D eigenvalue weighted by molar-refractivity contribution is 1.22. The van der Waals surface area contributed by atoms with Gasteiger partial charge in [-0.05, 0) is 11.0 Å². The van der Waals surface area contributed by atoms with Gasteiger partial charge < -0.3 is 0 Å². The zero-order valence-corrected chi connectivity index (χ0v) is 9.12. The summed E-state index contributed by atoms with van der Waals surface area (Å²) in [5.41, 5.74) is 6.92. The number of nitrogens with two attached hydrogens (primary N) is 1. The summed E-state index contributed by atoms with van der Waals surface area (Å²) in [7, 11) is 0. The van der Waals surface area contributed by atoms with Crippen LogP contribution in [0.25, 0.3) is 4.91 Å². The van der Waals surface area contributed by atoms with Crippen LogP contribution >= 0.6 is 35.1 Å². The highest BCUT2D eigenvalue weighted by atomic mass is 35.5. The lowest BCUT2D eigenvalue weighted by Gasteiger charge is -2.11. The van der Waals surface area contributed by atoms with Gasteiger partial charge in [-0.2, -0.15) is 0 Å². The number of hydrogen-bond acceptors (Lipinski definition) is 3. The first-order valence-electron chi connectivity index (χ1n) is 3.78. The van der Waals surface area contributed by atoms with Crippen LogP contribution < -0.4 is 5.73 Å². The molecule has 0 amide bonds. The molecule has 4 heteroatoms. The molecule has 0 aromatic heterocycles. The average molecular weight is 230 g/mol. The third-order valence-corrected chi connectivity index (χ3v) is 4.35. The summed E-state index contributed by atoms with van der Waals surface area (Å²) in [6.45, 7) is 0. The summed E-state index contributed by atoms with van der Waals surface area (Å²) in [4.78, 5) is 1.14. The molecular weight excluding hydrogens is 222 g/mol. The molecule has 1 unspecified atom stereocenters. The Kier molecular flexibility index (Phi) is 2.60. The lowest BCUT2D eigenvalue weighted by atomic mass is 10.2. The van der Waals surface area contributed by atoms with Crippen molar-refractivity contribution in [1.29, 1.82) is 0 Å². The largest absolute Gasteiger partial charge is 0.295 e. The highest BCUT2D eigenvalue weighted by Gasteiger charge is 2.30. The number of alkyl halides is 1. The second-order valence-electron chi connectivity index (χ2n) is 2.65. The van der Waals surface area contributed by atoms with Gasteiger partial charge in [0.2, 0.25) is 0 Å². The van der Waals surface area contributed by atoms with E-state index in [0.29, 0.717) is 0 Å².